The van der Waals surface area contributed by atoms with Crippen molar-refractivity contribution in [2.75, 3.05) is 11.1 Å². The van der Waals surface area contributed by atoms with Crippen molar-refractivity contribution in [1.82, 2.24) is 14.8 Å². The number of thioether (sulfide) groups is 1. The Morgan fingerprint density at radius 3 is 2.42 bits per heavy atom. The fourth-order valence-corrected chi connectivity index (χ4v) is 2.90. The van der Waals surface area contributed by atoms with Gasteiger partial charge in [0, 0.05) is 17.5 Å². The number of carbonyl (C=O) groups excluding carboxylic acids is 1. The Labute approximate surface area is 144 Å². The van der Waals surface area contributed by atoms with Gasteiger partial charge in [0.05, 0.1) is 5.75 Å². The second-order valence-electron chi connectivity index (χ2n) is 4.93. The van der Waals surface area contributed by atoms with Crippen LogP contribution in [0.4, 0.5) is 5.69 Å². The van der Waals surface area contributed by atoms with Crippen LogP contribution >= 0.6 is 11.8 Å². The molecule has 3 aromatic rings. The molecule has 1 amide bonds. The first-order chi connectivity index (χ1) is 11.8. The number of nitrogens with zero attached hydrogens (tertiary/aromatic N) is 3. The van der Waals surface area contributed by atoms with Crippen LogP contribution in [-0.4, -0.2) is 26.4 Å². The van der Waals surface area contributed by atoms with E-state index < -0.39 is 0 Å². The van der Waals surface area contributed by atoms with E-state index in [-0.39, 0.29) is 11.7 Å². The monoisotopic (exact) mass is 336 g/mol. The Morgan fingerprint density at radius 1 is 1.08 bits per heavy atom. The van der Waals surface area contributed by atoms with E-state index in [4.69, 9.17) is 0 Å². The second-order valence-corrected chi connectivity index (χ2v) is 5.87. The van der Waals surface area contributed by atoms with E-state index in [0.29, 0.717) is 11.0 Å². The summed E-state index contributed by atoms with van der Waals surface area (Å²) in [4.78, 5) is 12.0. The highest BCUT2D eigenvalue weighted by Gasteiger charge is 2.13. The molecule has 120 valence electrons. The molecule has 1 heterocycles. The summed E-state index contributed by atoms with van der Waals surface area (Å²) in [5.41, 5.74) is 1.73. The third-order valence-electron chi connectivity index (χ3n) is 3.27. The summed E-state index contributed by atoms with van der Waals surface area (Å²) >= 11 is 1.32. The lowest BCUT2D eigenvalue weighted by molar-refractivity contribution is -0.113. The molecule has 0 radical (unpaired) electrons. The van der Waals surface area contributed by atoms with Crippen LogP contribution in [0.3, 0.4) is 0 Å². The van der Waals surface area contributed by atoms with Gasteiger partial charge >= 0.3 is 0 Å². The number of rotatable bonds is 6. The first-order valence-electron chi connectivity index (χ1n) is 7.38. The molecule has 0 aliphatic rings. The number of hydrogen-bond acceptors (Lipinski definition) is 4. The molecule has 2 aromatic carbocycles. The third kappa shape index (κ3) is 3.72. The maximum Gasteiger partial charge on any atom is 0.234 e. The average Bonchev–Trinajstić information content (AvgIpc) is 3.04. The largest absolute Gasteiger partial charge is 0.325 e. The topological polar surface area (TPSA) is 59.8 Å². The van der Waals surface area contributed by atoms with Gasteiger partial charge in [-0.1, -0.05) is 66.9 Å². The van der Waals surface area contributed by atoms with Crippen LogP contribution in [0.15, 0.2) is 72.4 Å². The number of aromatic nitrogens is 3. The molecule has 0 fully saturated rings. The highest BCUT2D eigenvalue weighted by Crippen LogP contribution is 2.24. The van der Waals surface area contributed by atoms with E-state index in [9.17, 15) is 4.79 Å². The lowest BCUT2D eigenvalue weighted by Crippen LogP contribution is -2.14. The van der Waals surface area contributed by atoms with Gasteiger partial charge in [-0.3, -0.25) is 9.36 Å². The molecule has 0 saturated heterocycles. The minimum atomic E-state index is -0.0916. The molecule has 0 saturated carbocycles. The van der Waals surface area contributed by atoms with E-state index in [1.165, 1.54) is 11.8 Å². The lowest BCUT2D eigenvalue weighted by atomic mass is 10.2. The number of para-hydroxylation sites is 1. The normalized spacial score (nSPS) is 10.3. The van der Waals surface area contributed by atoms with E-state index in [1.54, 1.807) is 10.8 Å². The van der Waals surface area contributed by atoms with Crippen LogP contribution in [0.5, 0.6) is 0 Å². The highest BCUT2D eigenvalue weighted by molar-refractivity contribution is 7.99. The van der Waals surface area contributed by atoms with Gasteiger partial charge in [-0.05, 0) is 12.1 Å². The molecule has 1 aromatic heterocycles. The molecule has 6 heteroatoms. The Morgan fingerprint density at radius 2 is 1.75 bits per heavy atom. The zero-order valence-corrected chi connectivity index (χ0v) is 13.7. The van der Waals surface area contributed by atoms with E-state index in [0.717, 1.165) is 11.3 Å². The number of amides is 1. The number of carbonyl (C=O) groups is 1. The summed E-state index contributed by atoms with van der Waals surface area (Å²) in [7, 11) is 0. The van der Waals surface area contributed by atoms with Gasteiger partial charge in [0.15, 0.2) is 11.0 Å². The maximum absolute atomic E-state index is 12.0. The minimum Gasteiger partial charge on any atom is -0.325 e. The molecule has 0 aliphatic carbocycles. The zero-order valence-electron chi connectivity index (χ0n) is 12.9. The summed E-state index contributed by atoms with van der Waals surface area (Å²) in [5.74, 6) is 0.859. The smallest absolute Gasteiger partial charge is 0.234 e. The van der Waals surface area contributed by atoms with Crippen molar-refractivity contribution in [1.29, 1.82) is 0 Å². The first-order valence-corrected chi connectivity index (χ1v) is 8.37. The van der Waals surface area contributed by atoms with Gasteiger partial charge in [0.1, 0.15) is 0 Å². The summed E-state index contributed by atoms with van der Waals surface area (Å²) in [6.07, 6.45) is 1.65. The minimum absolute atomic E-state index is 0.0916. The van der Waals surface area contributed by atoms with E-state index >= 15 is 0 Å². The summed E-state index contributed by atoms with van der Waals surface area (Å²) in [5, 5.41) is 11.9. The molecular formula is C18H16N4OS. The number of benzene rings is 2. The SMILES string of the molecule is C=Cn1c(SCC(=O)Nc2ccccc2)nnc1-c1ccccc1. The molecule has 0 bridgehead atoms. The van der Waals surface area contributed by atoms with Crippen molar-refractivity contribution in [2.45, 2.75) is 5.16 Å². The fourth-order valence-electron chi connectivity index (χ4n) is 2.17. The van der Waals surface area contributed by atoms with Crippen molar-refractivity contribution < 1.29 is 4.79 Å². The zero-order chi connectivity index (χ0) is 16.8. The van der Waals surface area contributed by atoms with Crippen molar-refractivity contribution in [3.05, 3.63) is 67.2 Å². The average molecular weight is 336 g/mol. The number of anilines is 1. The van der Waals surface area contributed by atoms with Crippen molar-refractivity contribution >= 4 is 29.6 Å². The molecule has 3 rings (SSSR count). The molecule has 0 spiro atoms. The van der Waals surface area contributed by atoms with Gasteiger partial charge in [-0.25, -0.2) is 0 Å². The standard InChI is InChI=1S/C18H16N4OS/c1-2-22-17(14-9-5-3-6-10-14)20-21-18(22)24-13-16(23)19-15-11-7-4-8-12-15/h2-12H,1,13H2,(H,19,23). The van der Waals surface area contributed by atoms with Crippen LogP contribution < -0.4 is 5.32 Å². The lowest BCUT2D eigenvalue weighted by Gasteiger charge is -2.06. The maximum atomic E-state index is 12.0. The fraction of sp³-hybridized carbons (Fsp3) is 0.0556. The van der Waals surface area contributed by atoms with Gasteiger partial charge in [-0.2, -0.15) is 0 Å². The van der Waals surface area contributed by atoms with Crippen molar-refractivity contribution in [3.8, 4) is 11.4 Å². The van der Waals surface area contributed by atoms with Crippen LogP contribution in [0.1, 0.15) is 0 Å². The predicted molar refractivity (Wildman–Crippen MR) is 97.6 cm³/mol. The highest BCUT2D eigenvalue weighted by atomic mass is 32.2. The summed E-state index contributed by atoms with van der Waals surface area (Å²) < 4.78 is 1.79. The summed E-state index contributed by atoms with van der Waals surface area (Å²) in [6.45, 7) is 3.81. The van der Waals surface area contributed by atoms with Crippen molar-refractivity contribution in [2.24, 2.45) is 0 Å². The van der Waals surface area contributed by atoms with Gasteiger partial charge in [0.25, 0.3) is 0 Å². The second kappa shape index (κ2) is 7.61. The summed E-state index contributed by atoms with van der Waals surface area (Å²) in [6, 6.07) is 19.1. The van der Waals surface area contributed by atoms with Gasteiger partial charge in [0.2, 0.25) is 5.91 Å². The third-order valence-corrected chi connectivity index (χ3v) is 4.21. The molecule has 5 nitrogen and oxygen atoms in total. The van der Waals surface area contributed by atoms with E-state index in [2.05, 4.69) is 22.1 Å². The Kier molecular flexibility index (Phi) is 5.08. The molecule has 24 heavy (non-hydrogen) atoms. The number of nitrogens with one attached hydrogen (secondary N) is 1. The van der Waals surface area contributed by atoms with E-state index in [1.807, 2.05) is 60.7 Å². The molecule has 0 atom stereocenters. The van der Waals surface area contributed by atoms with Crippen LogP contribution in [0.25, 0.3) is 17.6 Å². The van der Waals surface area contributed by atoms with Crippen LogP contribution in [0, 0.1) is 0 Å². The van der Waals surface area contributed by atoms with Crippen LogP contribution in [-0.2, 0) is 4.79 Å². The van der Waals surface area contributed by atoms with Crippen molar-refractivity contribution in [3.63, 3.8) is 0 Å². The van der Waals surface area contributed by atoms with Gasteiger partial charge < -0.3 is 5.32 Å². The molecule has 0 unspecified atom stereocenters. The predicted octanol–water partition coefficient (Wildman–Crippen LogP) is 3.78. The molecule has 0 aliphatic heterocycles. The Hall–Kier alpha value is -2.86. The molecular weight excluding hydrogens is 320 g/mol. The van der Waals surface area contributed by atoms with Crippen LogP contribution in [0.2, 0.25) is 0 Å². The van der Waals surface area contributed by atoms with Gasteiger partial charge in [-0.15, -0.1) is 10.2 Å². The quantitative estimate of drug-likeness (QED) is 0.696. The molecule has 1 N–H and O–H groups in total. The number of hydrogen-bond donors (Lipinski definition) is 1. The Bertz CT molecular complexity index is 831. The first kappa shape index (κ1) is 16.0. The Balaban J connectivity index is 1.69.